The lowest BCUT2D eigenvalue weighted by Crippen LogP contribution is -2.53. The Kier molecular flexibility index (Phi) is 8.99. The third kappa shape index (κ3) is 6.70. The van der Waals surface area contributed by atoms with Gasteiger partial charge in [0, 0.05) is 44.2 Å². The number of hydrogen-bond donors (Lipinski definition) is 0. The van der Waals surface area contributed by atoms with E-state index in [1.807, 2.05) is 11.8 Å². The van der Waals surface area contributed by atoms with Crippen molar-refractivity contribution in [1.29, 1.82) is 0 Å². The van der Waals surface area contributed by atoms with Gasteiger partial charge in [-0.25, -0.2) is 9.18 Å². The monoisotopic (exact) mass is 591 g/mol. The van der Waals surface area contributed by atoms with Crippen LogP contribution >= 0.6 is 11.8 Å². The maximum Gasteiger partial charge on any atom is 0.416 e. The van der Waals surface area contributed by atoms with Crippen LogP contribution in [0.3, 0.4) is 0 Å². The molecule has 4 nitrogen and oxygen atoms in total. The Bertz CT molecular complexity index is 1180. The number of urea groups is 1. The molecular weight excluding hydrogens is 559 g/mol. The topological polar surface area (TPSA) is 26.8 Å². The molecule has 0 aliphatic carbocycles. The number of benzene rings is 2. The van der Waals surface area contributed by atoms with E-state index in [2.05, 4.69) is 4.90 Å². The molecule has 40 heavy (non-hydrogen) atoms. The molecule has 0 radical (unpaired) electrons. The summed E-state index contributed by atoms with van der Waals surface area (Å²) in [4.78, 5) is 19.0. The second kappa shape index (κ2) is 11.8. The molecule has 2 aliphatic rings. The summed E-state index contributed by atoms with van der Waals surface area (Å²) >= 11 is 1.88. The van der Waals surface area contributed by atoms with Crippen LogP contribution in [0.25, 0.3) is 0 Å². The molecule has 0 saturated carbocycles. The van der Waals surface area contributed by atoms with Gasteiger partial charge in [-0.05, 0) is 73.7 Å². The van der Waals surface area contributed by atoms with Crippen molar-refractivity contribution in [3.63, 3.8) is 0 Å². The van der Waals surface area contributed by atoms with E-state index in [0.29, 0.717) is 37.1 Å². The highest BCUT2D eigenvalue weighted by molar-refractivity contribution is 7.99. The van der Waals surface area contributed by atoms with Gasteiger partial charge in [-0.2, -0.15) is 38.1 Å². The molecule has 2 heterocycles. The lowest BCUT2D eigenvalue weighted by atomic mass is 9.88. The van der Waals surface area contributed by atoms with Gasteiger partial charge < -0.3 is 9.80 Å². The standard InChI is InChI=1S/C28H32F7N3OS/c1-17-12-22(29)4-5-24(17)25-16-23(37-8-10-40-11-9-37)6-7-38(25)26(39)36(3)18(2)19-13-20(27(30,31)32)15-21(14-19)28(33,34)35/h4-5,12-15,18,23,25H,6-11,16H2,1-3H3/t18-,23+,25-/m1/s1. The van der Waals surface area contributed by atoms with Gasteiger partial charge in [0.2, 0.25) is 0 Å². The molecule has 2 fully saturated rings. The van der Waals surface area contributed by atoms with Crippen molar-refractivity contribution >= 4 is 17.8 Å². The normalized spacial score (nSPS) is 21.8. The summed E-state index contributed by atoms with van der Waals surface area (Å²) in [5.41, 5.74) is -1.68. The summed E-state index contributed by atoms with van der Waals surface area (Å²) < 4.78 is 94.7. The number of carbonyl (C=O) groups is 1. The van der Waals surface area contributed by atoms with Gasteiger partial charge in [-0.3, -0.25) is 4.90 Å². The fourth-order valence-corrected chi connectivity index (χ4v) is 6.50. The summed E-state index contributed by atoms with van der Waals surface area (Å²) in [6.45, 7) is 5.36. The van der Waals surface area contributed by atoms with Gasteiger partial charge in [0.1, 0.15) is 5.82 Å². The van der Waals surface area contributed by atoms with E-state index in [1.165, 1.54) is 31.0 Å². The van der Waals surface area contributed by atoms with Crippen LogP contribution in [0, 0.1) is 12.7 Å². The summed E-state index contributed by atoms with van der Waals surface area (Å²) in [7, 11) is 1.38. The molecule has 2 aliphatic heterocycles. The third-order valence-corrected chi connectivity index (χ3v) is 8.89. The maximum atomic E-state index is 13.9. The first kappa shape index (κ1) is 30.5. The van der Waals surface area contributed by atoms with Crippen molar-refractivity contribution in [2.24, 2.45) is 0 Å². The number of hydrogen-bond acceptors (Lipinski definition) is 3. The number of alkyl halides is 6. The highest BCUT2D eigenvalue weighted by Gasteiger charge is 2.40. The molecule has 0 bridgehead atoms. The molecule has 0 N–H and O–H groups in total. The SMILES string of the molecule is Cc1cc(F)ccc1[C@H]1C[C@@H](N2CCSCC2)CCN1C(=O)N(C)[C@H](C)c1cc(C(F)(F)F)cc(C(F)(F)F)c1. The first-order valence-corrected chi connectivity index (χ1v) is 14.2. The van der Waals surface area contributed by atoms with Crippen molar-refractivity contribution in [2.75, 3.05) is 38.2 Å². The van der Waals surface area contributed by atoms with E-state index in [-0.39, 0.29) is 17.7 Å². The van der Waals surface area contributed by atoms with E-state index in [9.17, 15) is 35.5 Å². The Hall–Kier alpha value is -2.47. The quantitative estimate of drug-likeness (QED) is 0.344. The smallest absolute Gasteiger partial charge is 0.321 e. The maximum absolute atomic E-state index is 13.9. The Labute approximate surface area is 233 Å². The zero-order chi connectivity index (χ0) is 29.4. The predicted molar refractivity (Wildman–Crippen MR) is 141 cm³/mol. The van der Waals surface area contributed by atoms with Crippen molar-refractivity contribution in [3.8, 4) is 0 Å². The van der Waals surface area contributed by atoms with Crippen molar-refractivity contribution in [2.45, 2.75) is 57.2 Å². The summed E-state index contributed by atoms with van der Waals surface area (Å²) in [5.74, 6) is 1.61. The number of halogens is 7. The Morgan fingerprint density at radius 2 is 1.57 bits per heavy atom. The van der Waals surface area contributed by atoms with E-state index in [1.54, 1.807) is 17.9 Å². The van der Waals surface area contributed by atoms with Crippen LogP contribution in [0.5, 0.6) is 0 Å². The van der Waals surface area contributed by atoms with Gasteiger partial charge in [0.25, 0.3) is 0 Å². The first-order chi connectivity index (χ1) is 18.7. The van der Waals surface area contributed by atoms with Crippen molar-refractivity contribution < 1.29 is 35.5 Å². The first-order valence-electron chi connectivity index (χ1n) is 13.1. The molecule has 0 aromatic heterocycles. The molecule has 2 saturated heterocycles. The van der Waals surface area contributed by atoms with Gasteiger partial charge in [0.05, 0.1) is 23.2 Å². The van der Waals surface area contributed by atoms with Gasteiger partial charge in [0.15, 0.2) is 0 Å². The fraction of sp³-hybridized carbons (Fsp3) is 0.536. The summed E-state index contributed by atoms with van der Waals surface area (Å²) in [5, 5.41) is 0. The molecule has 2 aromatic rings. The van der Waals surface area contributed by atoms with Crippen molar-refractivity contribution in [1.82, 2.24) is 14.7 Å². The average Bonchev–Trinajstić information content (AvgIpc) is 2.91. The molecule has 4 rings (SSSR count). The number of rotatable bonds is 4. The molecule has 3 atom stereocenters. The minimum atomic E-state index is -4.99. The number of amides is 2. The fourth-order valence-electron chi connectivity index (χ4n) is 5.57. The number of likely N-dealkylation sites (tertiary alicyclic amines) is 1. The molecule has 12 heteroatoms. The van der Waals surface area contributed by atoms with Crippen molar-refractivity contribution in [3.05, 3.63) is 70.0 Å². The van der Waals surface area contributed by atoms with Crippen LogP contribution in [0.4, 0.5) is 35.5 Å². The Balaban J connectivity index is 1.65. The third-order valence-electron chi connectivity index (χ3n) is 7.95. The van der Waals surface area contributed by atoms with E-state index < -0.39 is 47.4 Å². The molecule has 2 amide bonds. The van der Waals surface area contributed by atoms with Gasteiger partial charge in [-0.1, -0.05) is 6.07 Å². The minimum absolute atomic E-state index is 0.0786. The lowest BCUT2D eigenvalue weighted by molar-refractivity contribution is -0.143. The zero-order valence-corrected chi connectivity index (χ0v) is 23.3. The molecule has 0 spiro atoms. The lowest BCUT2D eigenvalue weighted by Gasteiger charge is -2.46. The van der Waals surface area contributed by atoms with Gasteiger partial charge in [-0.15, -0.1) is 0 Å². The highest BCUT2D eigenvalue weighted by Crippen LogP contribution is 2.40. The molecule has 2 aromatic carbocycles. The van der Waals surface area contributed by atoms with Crippen LogP contribution in [0.15, 0.2) is 36.4 Å². The highest BCUT2D eigenvalue weighted by atomic mass is 32.2. The number of piperidine rings is 1. The van der Waals surface area contributed by atoms with Crippen LogP contribution in [-0.2, 0) is 12.4 Å². The molecule has 0 unspecified atom stereocenters. The number of nitrogens with zero attached hydrogens (tertiary/aromatic N) is 3. The van der Waals surface area contributed by atoms with Crippen LogP contribution in [0.2, 0.25) is 0 Å². The number of thioether (sulfide) groups is 1. The molecule has 220 valence electrons. The minimum Gasteiger partial charge on any atom is -0.321 e. The zero-order valence-electron chi connectivity index (χ0n) is 22.4. The summed E-state index contributed by atoms with van der Waals surface area (Å²) in [6, 6.07) is 3.95. The Morgan fingerprint density at radius 1 is 0.975 bits per heavy atom. The largest absolute Gasteiger partial charge is 0.416 e. The second-order valence-corrected chi connectivity index (χ2v) is 11.7. The van der Waals surface area contributed by atoms with E-state index in [0.717, 1.165) is 30.2 Å². The van der Waals surface area contributed by atoms with E-state index in [4.69, 9.17) is 0 Å². The predicted octanol–water partition coefficient (Wildman–Crippen LogP) is 7.54. The molecular formula is C28H32F7N3OS. The van der Waals surface area contributed by atoms with Crippen LogP contribution in [0.1, 0.15) is 59.7 Å². The average molecular weight is 592 g/mol. The van der Waals surface area contributed by atoms with E-state index >= 15 is 0 Å². The van der Waals surface area contributed by atoms with Crippen LogP contribution < -0.4 is 0 Å². The van der Waals surface area contributed by atoms with Gasteiger partial charge >= 0.3 is 18.4 Å². The summed E-state index contributed by atoms with van der Waals surface area (Å²) in [6.07, 6.45) is -8.71. The second-order valence-electron chi connectivity index (χ2n) is 10.4. The number of carbonyl (C=O) groups excluding carboxylic acids is 1. The van der Waals surface area contributed by atoms with Crippen LogP contribution in [-0.4, -0.2) is 65.0 Å². The number of aryl methyl sites for hydroxylation is 1. The Morgan fingerprint density at radius 3 is 2.12 bits per heavy atom.